The van der Waals surface area contributed by atoms with Gasteiger partial charge in [-0.15, -0.1) is 0 Å². The van der Waals surface area contributed by atoms with Crippen LogP contribution in [0.15, 0.2) is 0 Å². The third kappa shape index (κ3) is 4.54. The summed E-state index contributed by atoms with van der Waals surface area (Å²) >= 11 is 0. The quantitative estimate of drug-likeness (QED) is 0.744. The predicted molar refractivity (Wildman–Crippen MR) is 80.4 cm³/mol. The molecule has 0 saturated heterocycles. The van der Waals surface area contributed by atoms with Crippen LogP contribution in [0.4, 0.5) is 5.69 Å². The summed E-state index contributed by atoms with van der Waals surface area (Å²) in [6.07, 6.45) is 4.52. The zero-order valence-corrected chi connectivity index (χ0v) is 13.1. The highest BCUT2D eigenvalue weighted by Gasteiger charge is 2.14. The molecule has 0 aliphatic heterocycles. The molecule has 0 aromatic carbocycles. The van der Waals surface area contributed by atoms with Crippen molar-refractivity contribution < 1.29 is 9.53 Å². The second-order valence-electron chi connectivity index (χ2n) is 5.34. The first kappa shape index (κ1) is 16.5. The number of ether oxygens (including phenoxy) is 1. The van der Waals surface area contributed by atoms with Crippen LogP contribution in [0.5, 0.6) is 0 Å². The number of nitrogens with two attached hydrogens (primary N) is 1. The van der Waals surface area contributed by atoms with Crippen LogP contribution in [0.25, 0.3) is 0 Å². The van der Waals surface area contributed by atoms with Gasteiger partial charge in [0.25, 0.3) is 0 Å². The summed E-state index contributed by atoms with van der Waals surface area (Å²) in [5.74, 6) is 0.218. The number of nitrogens with zero attached hydrogens (tertiary/aromatic N) is 2. The Labute approximate surface area is 121 Å². The summed E-state index contributed by atoms with van der Waals surface area (Å²) in [5.41, 5.74) is 8.06. The van der Waals surface area contributed by atoms with Gasteiger partial charge in [-0.25, -0.2) is 0 Å². The van der Waals surface area contributed by atoms with Gasteiger partial charge in [0.2, 0.25) is 0 Å². The maximum Gasteiger partial charge on any atom is 0.327 e. The Morgan fingerprint density at radius 3 is 2.60 bits per heavy atom. The number of aromatic nitrogens is 2. The molecule has 0 bridgehead atoms. The molecular formula is C15H27N3O2. The van der Waals surface area contributed by atoms with Crippen molar-refractivity contribution >= 4 is 11.7 Å². The van der Waals surface area contributed by atoms with E-state index in [9.17, 15) is 4.79 Å². The number of hydrogen-bond donors (Lipinski definition) is 1. The van der Waals surface area contributed by atoms with Gasteiger partial charge in [0.15, 0.2) is 0 Å². The third-order valence-corrected chi connectivity index (χ3v) is 3.74. The molecule has 5 heteroatoms. The molecule has 1 aromatic rings. The summed E-state index contributed by atoms with van der Waals surface area (Å²) < 4.78 is 6.97. The van der Waals surface area contributed by atoms with Gasteiger partial charge in [0, 0.05) is 0 Å². The van der Waals surface area contributed by atoms with Gasteiger partial charge in [0.05, 0.1) is 23.7 Å². The molecule has 0 spiro atoms. The topological polar surface area (TPSA) is 70.1 Å². The summed E-state index contributed by atoms with van der Waals surface area (Å²) in [4.78, 5) is 11.9. The summed E-state index contributed by atoms with van der Waals surface area (Å²) in [6, 6.07) is 0. The molecule has 0 fully saturated rings. The fraction of sp³-hybridized carbons (Fsp3) is 0.733. The van der Waals surface area contributed by atoms with Crippen molar-refractivity contribution in [2.75, 3.05) is 12.3 Å². The van der Waals surface area contributed by atoms with Crippen molar-refractivity contribution in [2.24, 2.45) is 5.92 Å². The Hall–Kier alpha value is -1.52. The Bertz CT molecular complexity index is 441. The van der Waals surface area contributed by atoms with Crippen molar-refractivity contribution in [3.63, 3.8) is 0 Å². The van der Waals surface area contributed by atoms with Crippen LogP contribution in [0.3, 0.4) is 0 Å². The standard InChI is InChI=1S/C15H27N3O2/c1-5-7-8-13(6-2)10-20-14(19)9-18-12(4)15(16)11(3)17-18/h13H,5-10,16H2,1-4H3. The van der Waals surface area contributed by atoms with E-state index in [0.717, 1.165) is 24.2 Å². The van der Waals surface area contributed by atoms with Crippen LogP contribution in [0.1, 0.15) is 50.9 Å². The molecule has 1 aromatic heterocycles. The van der Waals surface area contributed by atoms with E-state index in [-0.39, 0.29) is 12.5 Å². The van der Waals surface area contributed by atoms with Crippen LogP contribution in [0.2, 0.25) is 0 Å². The van der Waals surface area contributed by atoms with Gasteiger partial charge in [-0.1, -0.05) is 33.1 Å². The minimum Gasteiger partial charge on any atom is -0.464 e. The van der Waals surface area contributed by atoms with E-state index in [1.54, 1.807) is 4.68 Å². The first-order valence-electron chi connectivity index (χ1n) is 7.44. The first-order chi connectivity index (χ1) is 9.49. The van der Waals surface area contributed by atoms with E-state index in [1.165, 1.54) is 12.8 Å². The molecule has 0 amide bonds. The van der Waals surface area contributed by atoms with E-state index in [4.69, 9.17) is 10.5 Å². The van der Waals surface area contributed by atoms with E-state index in [1.807, 2.05) is 13.8 Å². The highest BCUT2D eigenvalue weighted by atomic mass is 16.5. The predicted octanol–water partition coefficient (Wildman–Crippen LogP) is 2.84. The summed E-state index contributed by atoms with van der Waals surface area (Å²) in [5, 5.41) is 4.24. The summed E-state index contributed by atoms with van der Waals surface area (Å²) in [7, 11) is 0. The lowest BCUT2D eigenvalue weighted by molar-refractivity contribution is -0.146. The fourth-order valence-corrected chi connectivity index (χ4v) is 2.14. The number of unbranched alkanes of at least 4 members (excludes halogenated alkanes) is 1. The molecule has 1 rings (SSSR count). The minimum absolute atomic E-state index is 0.133. The molecule has 2 N–H and O–H groups in total. The van der Waals surface area contributed by atoms with E-state index in [0.29, 0.717) is 18.2 Å². The van der Waals surface area contributed by atoms with Crippen LogP contribution in [0, 0.1) is 19.8 Å². The average molecular weight is 281 g/mol. The maximum absolute atomic E-state index is 11.9. The smallest absolute Gasteiger partial charge is 0.327 e. The number of esters is 1. The lowest BCUT2D eigenvalue weighted by Gasteiger charge is -2.14. The lowest BCUT2D eigenvalue weighted by atomic mass is 10.0. The second-order valence-corrected chi connectivity index (χ2v) is 5.34. The Kier molecular flexibility index (Phi) is 6.55. The zero-order chi connectivity index (χ0) is 15.1. The molecule has 0 saturated carbocycles. The lowest BCUT2D eigenvalue weighted by Crippen LogP contribution is -2.19. The maximum atomic E-state index is 11.9. The van der Waals surface area contributed by atoms with Crippen LogP contribution < -0.4 is 5.73 Å². The van der Waals surface area contributed by atoms with Crippen molar-refractivity contribution in [3.8, 4) is 0 Å². The second kappa shape index (κ2) is 7.92. The number of aryl methyl sites for hydroxylation is 1. The summed E-state index contributed by atoms with van der Waals surface area (Å²) in [6.45, 7) is 8.64. The molecule has 0 aliphatic rings. The Morgan fingerprint density at radius 2 is 2.10 bits per heavy atom. The van der Waals surface area contributed by atoms with Crippen LogP contribution in [-0.4, -0.2) is 22.4 Å². The number of carbonyl (C=O) groups is 1. The highest BCUT2D eigenvalue weighted by Crippen LogP contribution is 2.15. The van der Waals surface area contributed by atoms with Crippen LogP contribution in [-0.2, 0) is 16.1 Å². The van der Waals surface area contributed by atoms with Crippen molar-refractivity contribution in [1.82, 2.24) is 9.78 Å². The van der Waals surface area contributed by atoms with Crippen molar-refractivity contribution in [2.45, 2.75) is 59.9 Å². The molecule has 114 valence electrons. The molecule has 5 nitrogen and oxygen atoms in total. The highest BCUT2D eigenvalue weighted by molar-refractivity contribution is 5.69. The van der Waals surface area contributed by atoms with Gasteiger partial charge in [0.1, 0.15) is 6.54 Å². The number of hydrogen-bond acceptors (Lipinski definition) is 4. The largest absolute Gasteiger partial charge is 0.464 e. The molecule has 0 radical (unpaired) electrons. The van der Waals surface area contributed by atoms with E-state index < -0.39 is 0 Å². The third-order valence-electron chi connectivity index (χ3n) is 3.74. The molecule has 20 heavy (non-hydrogen) atoms. The van der Waals surface area contributed by atoms with Gasteiger partial charge in [-0.05, 0) is 26.2 Å². The minimum atomic E-state index is -0.245. The molecule has 0 aliphatic carbocycles. The van der Waals surface area contributed by atoms with Crippen molar-refractivity contribution in [3.05, 3.63) is 11.4 Å². The van der Waals surface area contributed by atoms with Gasteiger partial charge in [-0.3, -0.25) is 9.48 Å². The van der Waals surface area contributed by atoms with Gasteiger partial charge >= 0.3 is 5.97 Å². The van der Waals surface area contributed by atoms with E-state index in [2.05, 4.69) is 18.9 Å². The van der Waals surface area contributed by atoms with Crippen molar-refractivity contribution in [1.29, 1.82) is 0 Å². The molecule has 1 unspecified atom stereocenters. The number of anilines is 1. The van der Waals surface area contributed by atoms with E-state index >= 15 is 0 Å². The SMILES string of the molecule is CCCCC(CC)COC(=O)Cn1nc(C)c(N)c1C. The number of rotatable bonds is 8. The van der Waals surface area contributed by atoms with Crippen LogP contribution >= 0.6 is 0 Å². The zero-order valence-electron chi connectivity index (χ0n) is 13.1. The number of nitrogen functional groups attached to an aromatic ring is 1. The average Bonchev–Trinajstić information content (AvgIpc) is 2.66. The normalized spacial score (nSPS) is 12.4. The molecule has 1 heterocycles. The Morgan fingerprint density at radius 1 is 1.40 bits per heavy atom. The monoisotopic (exact) mass is 281 g/mol. The van der Waals surface area contributed by atoms with Gasteiger partial charge in [-0.2, -0.15) is 5.10 Å². The molecule has 1 atom stereocenters. The van der Waals surface area contributed by atoms with Gasteiger partial charge < -0.3 is 10.5 Å². The number of carbonyl (C=O) groups excluding carboxylic acids is 1. The first-order valence-corrected chi connectivity index (χ1v) is 7.44. The Balaban J connectivity index is 2.45. The fourth-order valence-electron chi connectivity index (χ4n) is 2.14. The molecular weight excluding hydrogens is 254 g/mol.